The molecule has 1 fully saturated rings. The van der Waals surface area contributed by atoms with Gasteiger partial charge >= 0.3 is 0 Å². The number of ether oxygens (including phenoxy) is 2. The average molecular weight is 241 g/mol. The lowest BCUT2D eigenvalue weighted by Crippen LogP contribution is -2.40. The quantitative estimate of drug-likeness (QED) is 0.743. The highest BCUT2D eigenvalue weighted by Crippen LogP contribution is 2.37. The molecule has 0 unspecified atom stereocenters. The molecule has 1 saturated heterocycles. The third kappa shape index (κ3) is 2.24. The summed E-state index contributed by atoms with van der Waals surface area (Å²) in [6, 6.07) is 7.65. The zero-order chi connectivity index (χ0) is 11.8. The van der Waals surface area contributed by atoms with Gasteiger partial charge in [-0.05, 0) is 13.0 Å². The molecule has 0 saturated carbocycles. The van der Waals surface area contributed by atoms with E-state index in [1.54, 1.807) is 0 Å². The molecule has 0 radical (unpaired) electrons. The molecule has 1 aliphatic rings. The van der Waals surface area contributed by atoms with Crippen molar-refractivity contribution in [3.8, 4) is 0 Å². The lowest BCUT2D eigenvalue weighted by molar-refractivity contribution is -0.259. The molecule has 0 aliphatic carbocycles. The molecule has 0 bridgehead atoms. The monoisotopic (exact) mass is 240 g/mol. The Morgan fingerprint density at radius 3 is 2.62 bits per heavy atom. The van der Waals surface area contributed by atoms with Gasteiger partial charge in [-0.1, -0.05) is 43.6 Å². The Hall–Kier alpha value is -0.570. The maximum Gasteiger partial charge on any atom is 0.185 e. The maximum atomic E-state index is 6.12. The van der Waals surface area contributed by atoms with Gasteiger partial charge in [0.05, 0.1) is 12.7 Å². The van der Waals surface area contributed by atoms with Gasteiger partial charge in [-0.2, -0.15) is 0 Å². The number of hydrogen-bond acceptors (Lipinski definition) is 2. The van der Waals surface area contributed by atoms with Gasteiger partial charge in [0.25, 0.3) is 0 Å². The van der Waals surface area contributed by atoms with Crippen LogP contribution in [0.5, 0.6) is 0 Å². The van der Waals surface area contributed by atoms with Crippen molar-refractivity contribution in [3.63, 3.8) is 0 Å². The minimum atomic E-state index is -0.336. The third-order valence-corrected chi connectivity index (χ3v) is 3.54. The Balaban J connectivity index is 2.17. The van der Waals surface area contributed by atoms with E-state index in [0.717, 1.165) is 5.56 Å². The Labute approximate surface area is 102 Å². The number of halogens is 1. The van der Waals surface area contributed by atoms with Gasteiger partial charge in [0.2, 0.25) is 0 Å². The number of benzene rings is 1. The Morgan fingerprint density at radius 2 is 2.00 bits per heavy atom. The molecular formula is C13H17ClO2. The second kappa shape index (κ2) is 4.36. The van der Waals surface area contributed by atoms with E-state index < -0.39 is 0 Å². The van der Waals surface area contributed by atoms with Gasteiger partial charge in [-0.25, -0.2) is 0 Å². The topological polar surface area (TPSA) is 18.5 Å². The molecular weight excluding hydrogens is 224 g/mol. The molecule has 3 heteroatoms. The zero-order valence-electron chi connectivity index (χ0n) is 9.87. The molecule has 2 nitrogen and oxygen atoms in total. The van der Waals surface area contributed by atoms with Crippen LogP contribution in [0.3, 0.4) is 0 Å². The van der Waals surface area contributed by atoms with Crippen LogP contribution in [0.4, 0.5) is 0 Å². The summed E-state index contributed by atoms with van der Waals surface area (Å²) in [6.07, 6.45) is -0.181. The van der Waals surface area contributed by atoms with Crippen LogP contribution in [-0.2, 0) is 9.47 Å². The molecule has 88 valence electrons. The van der Waals surface area contributed by atoms with Gasteiger partial charge in [0.1, 0.15) is 0 Å². The fraction of sp³-hybridized carbons (Fsp3) is 0.538. The highest BCUT2D eigenvalue weighted by atomic mass is 35.5. The van der Waals surface area contributed by atoms with E-state index in [-0.39, 0.29) is 17.8 Å². The molecule has 0 amide bonds. The van der Waals surface area contributed by atoms with E-state index >= 15 is 0 Å². The molecule has 2 rings (SSSR count). The SMILES string of the molecule is C[C@H]1O[C@@H](c2ccccc2Cl)OCC1(C)C. The highest BCUT2D eigenvalue weighted by molar-refractivity contribution is 6.31. The van der Waals surface area contributed by atoms with E-state index in [1.165, 1.54) is 0 Å². The summed E-state index contributed by atoms with van der Waals surface area (Å²) in [5.41, 5.74) is 0.962. The minimum absolute atomic E-state index is 0.0533. The summed E-state index contributed by atoms with van der Waals surface area (Å²) in [6.45, 7) is 7.04. The summed E-state index contributed by atoms with van der Waals surface area (Å²) in [7, 11) is 0. The lowest BCUT2D eigenvalue weighted by atomic mass is 9.87. The van der Waals surface area contributed by atoms with E-state index in [2.05, 4.69) is 20.8 Å². The lowest BCUT2D eigenvalue weighted by Gasteiger charge is -2.40. The summed E-state index contributed by atoms with van der Waals surface area (Å²) in [5.74, 6) is 0. The van der Waals surface area contributed by atoms with Gasteiger partial charge in [0.15, 0.2) is 6.29 Å². The van der Waals surface area contributed by atoms with Crippen molar-refractivity contribution in [2.45, 2.75) is 33.2 Å². The van der Waals surface area contributed by atoms with Crippen LogP contribution in [0.15, 0.2) is 24.3 Å². The van der Waals surface area contributed by atoms with E-state index in [9.17, 15) is 0 Å². The second-order valence-electron chi connectivity index (χ2n) is 4.93. The number of hydrogen-bond donors (Lipinski definition) is 0. The zero-order valence-corrected chi connectivity index (χ0v) is 10.6. The van der Waals surface area contributed by atoms with Crippen LogP contribution in [0.2, 0.25) is 5.02 Å². The van der Waals surface area contributed by atoms with E-state index in [1.807, 2.05) is 24.3 Å². The van der Waals surface area contributed by atoms with Crippen LogP contribution in [0, 0.1) is 5.41 Å². The van der Waals surface area contributed by atoms with Crippen molar-refractivity contribution in [2.24, 2.45) is 5.41 Å². The predicted molar refractivity (Wildman–Crippen MR) is 64.5 cm³/mol. The molecule has 16 heavy (non-hydrogen) atoms. The standard InChI is InChI=1S/C13H17ClO2/c1-9-13(2,3)8-15-12(16-9)10-6-4-5-7-11(10)14/h4-7,9,12H,8H2,1-3H3/t9-,12+/m1/s1. The minimum Gasteiger partial charge on any atom is -0.348 e. The maximum absolute atomic E-state index is 6.12. The van der Waals surface area contributed by atoms with Gasteiger partial charge in [-0.3, -0.25) is 0 Å². The van der Waals surface area contributed by atoms with Crippen LogP contribution in [0.25, 0.3) is 0 Å². The van der Waals surface area contributed by atoms with Crippen molar-refractivity contribution in [1.29, 1.82) is 0 Å². The Kier molecular flexibility index (Phi) is 3.24. The molecule has 0 aromatic heterocycles. The van der Waals surface area contributed by atoms with Crippen LogP contribution < -0.4 is 0 Å². The van der Waals surface area contributed by atoms with Crippen LogP contribution in [0.1, 0.15) is 32.6 Å². The molecule has 0 N–H and O–H groups in total. The molecule has 1 aromatic rings. The predicted octanol–water partition coefficient (Wildman–Crippen LogP) is 3.80. The first kappa shape index (κ1) is 11.9. The van der Waals surface area contributed by atoms with E-state index in [4.69, 9.17) is 21.1 Å². The van der Waals surface area contributed by atoms with Crippen molar-refractivity contribution in [2.75, 3.05) is 6.61 Å². The molecule has 0 spiro atoms. The fourth-order valence-electron chi connectivity index (χ4n) is 1.65. The highest BCUT2D eigenvalue weighted by Gasteiger charge is 2.36. The smallest absolute Gasteiger partial charge is 0.185 e. The summed E-state index contributed by atoms with van der Waals surface area (Å²) < 4.78 is 11.6. The van der Waals surface area contributed by atoms with Crippen LogP contribution >= 0.6 is 11.6 Å². The van der Waals surface area contributed by atoms with Crippen molar-refractivity contribution in [1.82, 2.24) is 0 Å². The molecule has 2 atom stereocenters. The van der Waals surface area contributed by atoms with Gasteiger partial charge in [-0.15, -0.1) is 0 Å². The van der Waals surface area contributed by atoms with Crippen LogP contribution in [-0.4, -0.2) is 12.7 Å². The largest absolute Gasteiger partial charge is 0.348 e. The Bertz CT molecular complexity index is 376. The number of rotatable bonds is 1. The molecule has 1 heterocycles. The first-order valence-corrected chi connectivity index (χ1v) is 5.90. The third-order valence-electron chi connectivity index (χ3n) is 3.19. The van der Waals surface area contributed by atoms with Crippen molar-refractivity contribution >= 4 is 11.6 Å². The molecule has 1 aliphatic heterocycles. The fourth-order valence-corrected chi connectivity index (χ4v) is 1.87. The molecule has 1 aromatic carbocycles. The normalized spacial score (nSPS) is 29.0. The van der Waals surface area contributed by atoms with E-state index in [0.29, 0.717) is 11.6 Å². The van der Waals surface area contributed by atoms with Crippen molar-refractivity contribution < 1.29 is 9.47 Å². The summed E-state index contributed by atoms with van der Waals surface area (Å²) in [5, 5.41) is 0.694. The average Bonchev–Trinajstić information content (AvgIpc) is 2.23. The first-order chi connectivity index (χ1) is 7.50. The summed E-state index contributed by atoms with van der Waals surface area (Å²) in [4.78, 5) is 0. The first-order valence-electron chi connectivity index (χ1n) is 5.52. The Morgan fingerprint density at radius 1 is 1.31 bits per heavy atom. The van der Waals surface area contributed by atoms with Gasteiger partial charge in [0, 0.05) is 16.0 Å². The van der Waals surface area contributed by atoms with Gasteiger partial charge < -0.3 is 9.47 Å². The second-order valence-corrected chi connectivity index (χ2v) is 5.34. The summed E-state index contributed by atoms with van der Waals surface area (Å²) >= 11 is 6.12. The van der Waals surface area contributed by atoms with Crippen molar-refractivity contribution in [3.05, 3.63) is 34.9 Å².